The van der Waals surface area contributed by atoms with E-state index in [0.717, 1.165) is 6.07 Å². The SMILES string of the molecule is CCOc1ccccc1C(=O)NCCNc1ncc(C(F)(F)F)cc1Cl. The zero-order valence-electron chi connectivity index (χ0n) is 13.9. The number of anilines is 1. The summed E-state index contributed by atoms with van der Waals surface area (Å²) in [6, 6.07) is 7.63. The van der Waals surface area contributed by atoms with Crippen LogP contribution in [-0.4, -0.2) is 30.6 Å². The summed E-state index contributed by atoms with van der Waals surface area (Å²) >= 11 is 5.80. The monoisotopic (exact) mass is 387 g/mol. The number of hydrogen-bond donors (Lipinski definition) is 2. The Morgan fingerprint density at radius 1 is 1.27 bits per heavy atom. The molecule has 1 aromatic carbocycles. The van der Waals surface area contributed by atoms with Crippen LogP contribution in [0.5, 0.6) is 5.75 Å². The van der Waals surface area contributed by atoms with E-state index in [2.05, 4.69) is 15.6 Å². The molecule has 0 unspecified atom stereocenters. The molecule has 0 aliphatic carbocycles. The Hall–Kier alpha value is -2.48. The number of rotatable bonds is 7. The Kier molecular flexibility index (Phi) is 6.68. The summed E-state index contributed by atoms with van der Waals surface area (Å²) in [5.41, 5.74) is -0.520. The highest BCUT2D eigenvalue weighted by molar-refractivity contribution is 6.32. The van der Waals surface area contributed by atoms with Crippen LogP contribution in [0.3, 0.4) is 0 Å². The number of carbonyl (C=O) groups excluding carboxylic acids is 1. The van der Waals surface area contributed by atoms with Crippen molar-refractivity contribution >= 4 is 23.3 Å². The van der Waals surface area contributed by atoms with Crippen LogP contribution in [0.4, 0.5) is 19.0 Å². The largest absolute Gasteiger partial charge is 0.493 e. The molecule has 1 aromatic heterocycles. The molecule has 0 spiro atoms. The van der Waals surface area contributed by atoms with Gasteiger partial charge in [0.15, 0.2) is 0 Å². The molecule has 0 radical (unpaired) electrons. The molecule has 0 saturated carbocycles. The van der Waals surface area contributed by atoms with Gasteiger partial charge < -0.3 is 15.4 Å². The minimum absolute atomic E-state index is 0.114. The maximum atomic E-state index is 12.6. The van der Waals surface area contributed by atoms with Crippen molar-refractivity contribution in [2.75, 3.05) is 25.0 Å². The molecule has 0 fully saturated rings. The van der Waals surface area contributed by atoms with Crippen molar-refractivity contribution in [2.24, 2.45) is 0 Å². The topological polar surface area (TPSA) is 63.2 Å². The average Bonchev–Trinajstić information content (AvgIpc) is 2.59. The van der Waals surface area contributed by atoms with E-state index in [4.69, 9.17) is 16.3 Å². The molecule has 5 nitrogen and oxygen atoms in total. The first kappa shape index (κ1) is 19.8. The van der Waals surface area contributed by atoms with Crippen LogP contribution in [0, 0.1) is 0 Å². The fourth-order valence-corrected chi connectivity index (χ4v) is 2.34. The zero-order chi connectivity index (χ0) is 19.2. The van der Waals surface area contributed by atoms with Crippen molar-refractivity contribution in [2.45, 2.75) is 13.1 Å². The molecular weight excluding hydrogens is 371 g/mol. The van der Waals surface area contributed by atoms with E-state index in [-0.39, 0.29) is 29.8 Å². The van der Waals surface area contributed by atoms with Gasteiger partial charge in [-0.05, 0) is 25.1 Å². The Morgan fingerprint density at radius 2 is 2.00 bits per heavy atom. The lowest BCUT2D eigenvalue weighted by atomic mass is 10.2. The van der Waals surface area contributed by atoms with Crippen molar-refractivity contribution < 1.29 is 22.7 Å². The molecule has 2 N–H and O–H groups in total. The van der Waals surface area contributed by atoms with Gasteiger partial charge in [-0.3, -0.25) is 4.79 Å². The minimum Gasteiger partial charge on any atom is -0.493 e. The number of halogens is 4. The third kappa shape index (κ3) is 5.26. The molecule has 0 aliphatic heterocycles. The second kappa shape index (κ2) is 8.75. The number of ether oxygens (including phenoxy) is 1. The summed E-state index contributed by atoms with van der Waals surface area (Å²) in [6.45, 7) is 2.71. The van der Waals surface area contributed by atoms with Gasteiger partial charge in [-0.25, -0.2) is 4.98 Å². The summed E-state index contributed by atoms with van der Waals surface area (Å²) in [5.74, 6) is 0.277. The molecule has 0 saturated heterocycles. The van der Waals surface area contributed by atoms with Gasteiger partial charge in [0.05, 0.1) is 22.8 Å². The third-order valence-electron chi connectivity index (χ3n) is 3.30. The number of benzene rings is 1. The van der Waals surface area contributed by atoms with Crippen molar-refractivity contribution in [3.8, 4) is 5.75 Å². The molecule has 0 bridgehead atoms. The molecule has 0 atom stereocenters. The molecule has 1 amide bonds. The molecule has 2 rings (SSSR count). The zero-order valence-corrected chi connectivity index (χ0v) is 14.6. The summed E-state index contributed by atoms with van der Waals surface area (Å²) in [7, 11) is 0. The molecule has 0 aliphatic rings. The first-order chi connectivity index (χ1) is 12.3. The van der Waals surface area contributed by atoms with Gasteiger partial charge in [0.2, 0.25) is 0 Å². The second-order valence-electron chi connectivity index (χ2n) is 5.16. The lowest BCUT2D eigenvalue weighted by Gasteiger charge is -2.12. The normalized spacial score (nSPS) is 11.1. The van der Waals surface area contributed by atoms with E-state index in [1.54, 1.807) is 24.3 Å². The van der Waals surface area contributed by atoms with E-state index in [9.17, 15) is 18.0 Å². The summed E-state index contributed by atoms with van der Waals surface area (Å²) in [5, 5.41) is 5.33. The molecule has 26 heavy (non-hydrogen) atoms. The number of para-hydroxylation sites is 1. The first-order valence-corrected chi connectivity index (χ1v) is 8.17. The van der Waals surface area contributed by atoms with Gasteiger partial charge in [0.1, 0.15) is 11.6 Å². The number of aromatic nitrogens is 1. The number of pyridine rings is 1. The van der Waals surface area contributed by atoms with Crippen LogP contribution >= 0.6 is 11.6 Å². The van der Waals surface area contributed by atoms with E-state index < -0.39 is 11.7 Å². The number of hydrogen-bond acceptors (Lipinski definition) is 4. The van der Waals surface area contributed by atoms with E-state index in [0.29, 0.717) is 24.1 Å². The lowest BCUT2D eigenvalue weighted by Crippen LogP contribution is -2.29. The van der Waals surface area contributed by atoms with Crippen molar-refractivity contribution in [1.29, 1.82) is 0 Å². The van der Waals surface area contributed by atoms with Gasteiger partial charge in [-0.1, -0.05) is 23.7 Å². The summed E-state index contributed by atoms with van der Waals surface area (Å²) in [6.07, 6.45) is -3.80. The highest BCUT2D eigenvalue weighted by Gasteiger charge is 2.31. The maximum absolute atomic E-state index is 12.6. The predicted octanol–water partition coefficient (Wildman–Crippen LogP) is 3.99. The first-order valence-electron chi connectivity index (χ1n) is 7.79. The molecule has 2 aromatic rings. The highest BCUT2D eigenvalue weighted by Crippen LogP contribution is 2.32. The number of alkyl halides is 3. The molecule has 140 valence electrons. The Morgan fingerprint density at radius 3 is 2.65 bits per heavy atom. The standard InChI is InChI=1S/C17H17ClF3N3O2/c1-2-26-14-6-4-3-5-12(14)16(25)23-8-7-22-15-13(18)9-11(10-24-15)17(19,20)21/h3-6,9-10H,2,7-8H2,1H3,(H,22,24)(H,23,25). The number of amides is 1. The van der Waals surface area contributed by atoms with E-state index in [1.807, 2.05) is 6.92 Å². The molecular formula is C17H17ClF3N3O2. The van der Waals surface area contributed by atoms with Crippen LogP contribution in [-0.2, 0) is 6.18 Å². The van der Waals surface area contributed by atoms with Gasteiger partial charge in [-0.2, -0.15) is 13.2 Å². The average molecular weight is 388 g/mol. The van der Waals surface area contributed by atoms with Crippen LogP contribution in [0.2, 0.25) is 5.02 Å². The molecule has 9 heteroatoms. The smallest absolute Gasteiger partial charge is 0.417 e. The fourth-order valence-electron chi connectivity index (χ4n) is 2.11. The third-order valence-corrected chi connectivity index (χ3v) is 3.59. The van der Waals surface area contributed by atoms with Gasteiger partial charge >= 0.3 is 6.18 Å². The summed E-state index contributed by atoms with van der Waals surface area (Å²) in [4.78, 5) is 15.9. The highest BCUT2D eigenvalue weighted by atomic mass is 35.5. The predicted molar refractivity (Wildman–Crippen MR) is 92.7 cm³/mol. The van der Waals surface area contributed by atoms with Crippen LogP contribution in [0.1, 0.15) is 22.8 Å². The van der Waals surface area contributed by atoms with Crippen molar-refractivity contribution in [3.63, 3.8) is 0 Å². The second-order valence-corrected chi connectivity index (χ2v) is 5.57. The minimum atomic E-state index is -4.50. The summed E-state index contributed by atoms with van der Waals surface area (Å²) < 4.78 is 43.1. The van der Waals surface area contributed by atoms with E-state index in [1.165, 1.54) is 0 Å². The maximum Gasteiger partial charge on any atom is 0.417 e. The van der Waals surface area contributed by atoms with Crippen LogP contribution < -0.4 is 15.4 Å². The number of nitrogens with zero attached hydrogens (tertiary/aromatic N) is 1. The Bertz CT molecular complexity index is 769. The Balaban J connectivity index is 1.88. The van der Waals surface area contributed by atoms with Crippen molar-refractivity contribution in [1.82, 2.24) is 10.3 Å². The quantitative estimate of drug-likeness (QED) is 0.705. The lowest BCUT2D eigenvalue weighted by molar-refractivity contribution is -0.137. The van der Waals surface area contributed by atoms with Gasteiger partial charge in [-0.15, -0.1) is 0 Å². The van der Waals surface area contributed by atoms with Crippen LogP contribution in [0.15, 0.2) is 36.5 Å². The van der Waals surface area contributed by atoms with Gasteiger partial charge in [0, 0.05) is 19.3 Å². The number of nitrogens with one attached hydrogen (secondary N) is 2. The molecule has 1 heterocycles. The fraction of sp³-hybridized carbons (Fsp3) is 0.294. The Labute approximate surface area is 153 Å². The van der Waals surface area contributed by atoms with Crippen molar-refractivity contribution in [3.05, 3.63) is 52.7 Å². The number of carbonyl (C=O) groups is 1. The van der Waals surface area contributed by atoms with Gasteiger partial charge in [0.25, 0.3) is 5.91 Å². The van der Waals surface area contributed by atoms with E-state index >= 15 is 0 Å². The van der Waals surface area contributed by atoms with Crippen LogP contribution in [0.25, 0.3) is 0 Å².